The van der Waals surface area contributed by atoms with Gasteiger partial charge < -0.3 is 5.11 Å². The second-order valence-corrected chi connectivity index (χ2v) is 7.22. The predicted octanol–water partition coefficient (Wildman–Crippen LogP) is 0.198. The van der Waals surface area contributed by atoms with Crippen molar-refractivity contribution >= 4 is 15.8 Å². The van der Waals surface area contributed by atoms with Crippen molar-refractivity contribution in [1.82, 2.24) is 9.88 Å². The van der Waals surface area contributed by atoms with Crippen LogP contribution in [-0.4, -0.2) is 60.0 Å². The molecule has 2 rings (SSSR count). The summed E-state index contributed by atoms with van der Waals surface area (Å²) in [5.41, 5.74) is 0.878. The highest BCUT2D eigenvalue weighted by Crippen LogP contribution is 2.18. The second-order valence-electron chi connectivity index (χ2n) is 4.99. The van der Waals surface area contributed by atoms with Gasteiger partial charge in [-0.05, 0) is 18.6 Å². The van der Waals surface area contributed by atoms with Crippen LogP contribution in [0.5, 0.6) is 0 Å². The molecular weight excluding hydrogens is 280 g/mol. The largest absolute Gasteiger partial charge is 0.480 e. The van der Waals surface area contributed by atoms with E-state index in [0.29, 0.717) is 19.4 Å². The van der Waals surface area contributed by atoms with Crippen molar-refractivity contribution in [2.45, 2.75) is 18.9 Å². The lowest BCUT2D eigenvalue weighted by molar-refractivity contribution is -0.138. The lowest BCUT2D eigenvalue weighted by Crippen LogP contribution is -2.41. The molecular formula is C13H18N2O4S. The number of sulfone groups is 1. The van der Waals surface area contributed by atoms with Crippen LogP contribution in [0.25, 0.3) is 0 Å². The predicted molar refractivity (Wildman–Crippen MR) is 74.2 cm³/mol. The first-order chi connectivity index (χ1) is 9.46. The molecule has 6 nitrogen and oxygen atoms in total. The molecule has 1 fully saturated rings. The van der Waals surface area contributed by atoms with Crippen LogP contribution in [0, 0.1) is 0 Å². The summed E-state index contributed by atoms with van der Waals surface area (Å²) >= 11 is 0. The summed E-state index contributed by atoms with van der Waals surface area (Å²) < 4.78 is 23.0. The maximum atomic E-state index is 11.5. The van der Waals surface area contributed by atoms with E-state index in [1.165, 1.54) is 0 Å². The van der Waals surface area contributed by atoms with E-state index in [2.05, 4.69) is 4.98 Å². The van der Waals surface area contributed by atoms with Crippen LogP contribution >= 0.6 is 0 Å². The first-order valence-electron chi connectivity index (χ1n) is 6.52. The van der Waals surface area contributed by atoms with Gasteiger partial charge in [0.1, 0.15) is 0 Å². The average Bonchev–Trinajstić information content (AvgIpc) is 2.76. The van der Waals surface area contributed by atoms with Crippen molar-refractivity contribution in [3.05, 3.63) is 30.1 Å². The molecule has 1 aliphatic heterocycles. The van der Waals surface area contributed by atoms with Crippen LogP contribution < -0.4 is 0 Å². The lowest BCUT2D eigenvalue weighted by atomic mass is 10.2. The molecule has 110 valence electrons. The number of hydrogen-bond donors (Lipinski definition) is 1. The summed E-state index contributed by atoms with van der Waals surface area (Å²) in [5, 5.41) is 8.96. The van der Waals surface area contributed by atoms with Crippen molar-refractivity contribution < 1.29 is 18.3 Å². The third kappa shape index (κ3) is 4.28. The Morgan fingerprint density at radius 3 is 2.80 bits per heavy atom. The number of pyridine rings is 1. The highest BCUT2D eigenvalue weighted by atomic mass is 32.2. The maximum Gasteiger partial charge on any atom is 0.317 e. The van der Waals surface area contributed by atoms with Gasteiger partial charge in [-0.3, -0.25) is 14.7 Å². The molecule has 1 aromatic rings. The van der Waals surface area contributed by atoms with E-state index in [-0.39, 0.29) is 24.1 Å². The van der Waals surface area contributed by atoms with E-state index in [1.807, 2.05) is 18.2 Å². The van der Waals surface area contributed by atoms with Gasteiger partial charge in [0.25, 0.3) is 0 Å². The third-order valence-electron chi connectivity index (χ3n) is 3.44. The first-order valence-corrected chi connectivity index (χ1v) is 8.34. The van der Waals surface area contributed by atoms with Crippen molar-refractivity contribution in [3.63, 3.8) is 0 Å². The Balaban J connectivity index is 1.99. The van der Waals surface area contributed by atoms with E-state index in [4.69, 9.17) is 5.11 Å². The molecule has 0 aliphatic carbocycles. The molecule has 2 heterocycles. The molecule has 0 saturated carbocycles. The fraction of sp³-hybridized carbons (Fsp3) is 0.538. The van der Waals surface area contributed by atoms with Gasteiger partial charge in [0.15, 0.2) is 9.84 Å². The number of carboxylic acids is 1. The van der Waals surface area contributed by atoms with Gasteiger partial charge in [0.05, 0.1) is 18.1 Å². The number of carbonyl (C=O) groups is 1. The fourth-order valence-electron chi connectivity index (χ4n) is 2.43. The van der Waals surface area contributed by atoms with E-state index in [0.717, 1.165) is 5.69 Å². The number of rotatable bonds is 6. The minimum atomic E-state index is -3.01. The topological polar surface area (TPSA) is 87.6 Å². The monoisotopic (exact) mass is 298 g/mol. The number of hydrogen-bond acceptors (Lipinski definition) is 5. The van der Waals surface area contributed by atoms with E-state index in [1.54, 1.807) is 11.1 Å². The molecule has 0 aromatic carbocycles. The Bertz CT molecular complexity index is 559. The molecule has 20 heavy (non-hydrogen) atoms. The Morgan fingerprint density at radius 1 is 1.45 bits per heavy atom. The smallest absolute Gasteiger partial charge is 0.317 e. The molecule has 0 amide bonds. The molecule has 7 heteroatoms. The lowest BCUT2D eigenvalue weighted by Gasteiger charge is -2.25. The first kappa shape index (κ1) is 14.9. The van der Waals surface area contributed by atoms with Gasteiger partial charge in [-0.1, -0.05) is 6.07 Å². The number of aliphatic carboxylic acids is 1. The SMILES string of the molecule is O=C(O)CN(CCc1ccccn1)C1CCS(=O)(=O)C1. The van der Waals surface area contributed by atoms with E-state index >= 15 is 0 Å². The minimum Gasteiger partial charge on any atom is -0.480 e. The van der Waals surface area contributed by atoms with E-state index in [9.17, 15) is 13.2 Å². The number of nitrogens with zero attached hydrogens (tertiary/aromatic N) is 2. The summed E-state index contributed by atoms with van der Waals surface area (Å²) in [6.45, 7) is 0.372. The fourth-order valence-corrected chi connectivity index (χ4v) is 4.19. The van der Waals surface area contributed by atoms with Gasteiger partial charge in [0.2, 0.25) is 0 Å². The summed E-state index contributed by atoms with van der Waals surface area (Å²) in [4.78, 5) is 16.9. The Kier molecular flexibility index (Phi) is 4.72. The number of aromatic nitrogens is 1. The van der Waals surface area contributed by atoms with Gasteiger partial charge >= 0.3 is 5.97 Å². The molecule has 1 unspecified atom stereocenters. The molecule has 1 saturated heterocycles. The molecule has 1 aliphatic rings. The zero-order chi connectivity index (χ0) is 14.6. The van der Waals surface area contributed by atoms with Gasteiger partial charge in [-0.2, -0.15) is 0 Å². The zero-order valence-corrected chi connectivity index (χ0v) is 11.9. The van der Waals surface area contributed by atoms with Crippen LogP contribution in [-0.2, 0) is 21.1 Å². The third-order valence-corrected chi connectivity index (χ3v) is 5.19. The standard InChI is InChI=1S/C13H18N2O4S/c16-13(17)9-15(12-5-8-20(18,19)10-12)7-4-11-3-1-2-6-14-11/h1-3,6,12H,4-5,7-10H2,(H,16,17). The van der Waals surface area contributed by atoms with Crippen LogP contribution in [0.2, 0.25) is 0 Å². The highest BCUT2D eigenvalue weighted by molar-refractivity contribution is 7.91. The summed E-state index contributed by atoms with van der Waals surface area (Å²) in [5.74, 6) is -0.727. The molecule has 1 atom stereocenters. The van der Waals surface area contributed by atoms with Crippen molar-refractivity contribution in [1.29, 1.82) is 0 Å². The van der Waals surface area contributed by atoms with Crippen LogP contribution in [0.15, 0.2) is 24.4 Å². The molecule has 0 radical (unpaired) electrons. The quantitative estimate of drug-likeness (QED) is 0.807. The van der Waals surface area contributed by atoms with Crippen molar-refractivity contribution in [2.24, 2.45) is 0 Å². The molecule has 0 spiro atoms. The van der Waals surface area contributed by atoms with Gasteiger partial charge in [-0.25, -0.2) is 8.42 Å². The van der Waals surface area contributed by atoms with Crippen LogP contribution in [0.4, 0.5) is 0 Å². The zero-order valence-electron chi connectivity index (χ0n) is 11.1. The normalized spacial score (nSPS) is 21.1. The van der Waals surface area contributed by atoms with E-state index < -0.39 is 15.8 Å². The van der Waals surface area contributed by atoms with Crippen molar-refractivity contribution in [3.8, 4) is 0 Å². The van der Waals surface area contributed by atoms with Crippen molar-refractivity contribution in [2.75, 3.05) is 24.6 Å². The second kappa shape index (κ2) is 6.32. The summed E-state index contributed by atoms with van der Waals surface area (Å²) in [6.07, 6.45) is 2.82. The average molecular weight is 298 g/mol. The molecule has 1 aromatic heterocycles. The number of carboxylic acid groups (broad SMARTS) is 1. The molecule has 1 N–H and O–H groups in total. The van der Waals surface area contributed by atoms with Gasteiger partial charge in [-0.15, -0.1) is 0 Å². The Labute approximate surface area is 118 Å². The van der Waals surface area contributed by atoms with Crippen LogP contribution in [0.3, 0.4) is 0 Å². The highest BCUT2D eigenvalue weighted by Gasteiger charge is 2.32. The summed E-state index contributed by atoms with van der Waals surface area (Å²) in [7, 11) is -3.01. The summed E-state index contributed by atoms with van der Waals surface area (Å²) in [6, 6.07) is 5.39. The van der Waals surface area contributed by atoms with Crippen LogP contribution in [0.1, 0.15) is 12.1 Å². The maximum absolute atomic E-state index is 11.5. The van der Waals surface area contributed by atoms with Gasteiger partial charge in [0, 0.05) is 30.9 Å². The Hall–Kier alpha value is -1.47. The minimum absolute atomic E-state index is 0.0580. The molecule has 0 bridgehead atoms. The Morgan fingerprint density at radius 2 is 2.25 bits per heavy atom.